The molecule has 0 bridgehead atoms. The second-order valence-corrected chi connectivity index (χ2v) is 6.10. The van der Waals surface area contributed by atoms with Gasteiger partial charge < -0.3 is 9.30 Å². The average Bonchev–Trinajstić information content (AvgIpc) is 3.18. The van der Waals surface area contributed by atoms with Crippen molar-refractivity contribution >= 4 is 28.6 Å². The Bertz CT molecular complexity index is 834. The molecule has 5 nitrogen and oxygen atoms in total. The van der Waals surface area contributed by atoms with Crippen molar-refractivity contribution in [1.82, 2.24) is 9.55 Å². The number of carbonyl (C=O) groups excluding carboxylic acids is 1. The lowest BCUT2D eigenvalue weighted by atomic mass is 10.2. The maximum atomic E-state index is 12.2. The molecule has 0 aliphatic rings. The van der Waals surface area contributed by atoms with Gasteiger partial charge in [0.2, 0.25) is 0 Å². The molecule has 0 spiro atoms. The van der Waals surface area contributed by atoms with Gasteiger partial charge in [-0.15, -0.1) is 22.7 Å². The predicted octanol–water partition coefficient (Wildman–Crippen LogP) is 2.86. The molecule has 0 N–H and O–H groups in total. The van der Waals surface area contributed by atoms with Gasteiger partial charge >= 0.3 is 0 Å². The van der Waals surface area contributed by atoms with Gasteiger partial charge in [0.05, 0.1) is 11.2 Å². The van der Waals surface area contributed by atoms with E-state index in [0.29, 0.717) is 22.7 Å². The number of hydrogen-bond donors (Lipinski definition) is 0. The highest BCUT2D eigenvalue weighted by molar-refractivity contribution is 7.07. The maximum absolute atomic E-state index is 12.2. The van der Waals surface area contributed by atoms with Crippen LogP contribution in [0.5, 0.6) is 5.75 Å². The molecule has 3 rings (SSSR count). The first kappa shape index (κ1) is 14.7. The molecule has 22 heavy (non-hydrogen) atoms. The molecular formula is C15H13N3O2S2. The minimum atomic E-state index is -0.280. The molecule has 0 radical (unpaired) electrons. The minimum absolute atomic E-state index is 0.280. The molecule has 112 valence electrons. The first-order chi connectivity index (χ1) is 10.7. The SMILES string of the molecule is Cn1ccsc1=NC(=O)c1cccc(OCc2cscn2)c1. The molecule has 1 amide bonds. The molecule has 3 aromatic rings. The number of nitrogens with zero attached hydrogens (tertiary/aromatic N) is 3. The van der Waals surface area contributed by atoms with E-state index in [0.717, 1.165) is 5.69 Å². The number of ether oxygens (including phenoxy) is 1. The van der Waals surface area contributed by atoms with Crippen molar-refractivity contribution in [2.45, 2.75) is 6.61 Å². The molecule has 7 heteroatoms. The van der Waals surface area contributed by atoms with Gasteiger partial charge in [0, 0.05) is 29.6 Å². The highest BCUT2D eigenvalue weighted by atomic mass is 32.1. The van der Waals surface area contributed by atoms with Gasteiger partial charge in [-0.1, -0.05) is 6.07 Å². The molecular weight excluding hydrogens is 318 g/mol. The van der Waals surface area contributed by atoms with Crippen molar-refractivity contribution in [3.63, 3.8) is 0 Å². The summed E-state index contributed by atoms with van der Waals surface area (Å²) in [5.41, 5.74) is 3.14. The van der Waals surface area contributed by atoms with Crippen LogP contribution in [0.1, 0.15) is 16.1 Å². The zero-order valence-electron chi connectivity index (χ0n) is 11.8. The van der Waals surface area contributed by atoms with Crippen molar-refractivity contribution in [2.75, 3.05) is 0 Å². The summed E-state index contributed by atoms with van der Waals surface area (Å²) in [5, 5.41) is 3.82. The van der Waals surface area contributed by atoms with E-state index >= 15 is 0 Å². The van der Waals surface area contributed by atoms with Crippen LogP contribution in [0.2, 0.25) is 0 Å². The quantitative estimate of drug-likeness (QED) is 0.739. The summed E-state index contributed by atoms with van der Waals surface area (Å²) in [6.45, 7) is 0.387. The summed E-state index contributed by atoms with van der Waals surface area (Å²) in [6, 6.07) is 7.03. The number of benzene rings is 1. The lowest BCUT2D eigenvalue weighted by Crippen LogP contribution is -2.12. The van der Waals surface area contributed by atoms with E-state index in [1.165, 1.54) is 22.7 Å². The molecule has 1 aromatic carbocycles. The number of aromatic nitrogens is 2. The highest BCUT2D eigenvalue weighted by Crippen LogP contribution is 2.16. The van der Waals surface area contributed by atoms with Crippen LogP contribution in [-0.4, -0.2) is 15.5 Å². The third kappa shape index (κ3) is 3.49. The van der Waals surface area contributed by atoms with Crippen LogP contribution in [0.15, 0.2) is 51.7 Å². The summed E-state index contributed by atoms with van der Waals surface area (Å²) in [4.78, 5) is 21.1. The van der Waals surface area contributed by atoms with Crippen LogP contribution in [0.4, 0.5) is 0 Å². The van der Waals surface area contributed by atoms with Crippen molar-refractivity contribution in [3.05, 3.63) is 62.8 Å². The number of amides is 1. The fourth-order valence-electron chi connectivity index (χ4n) is 1.77. The molecule has 2 aromatic heterocycles. The van der Waals surface area contributed by atoms with Crippen molar-refractivity contribution in [2.24, 2.45) is 12.0 Å². The molecule has 0 fully saturated rings. The number of rotatable bonds is 4. The lowest BCUT2D eigenvalue weighted by molar-refractivity contribution is 0.0997. The Labute approximate surface area is 135 Å². The summed E-state index contributed by atoms with van der Waals surface area (Å²) in [5.74, 6) is 0.349. The van der Waals surface area contributed by atoms with Gasteiger partial charge in [0.25, 0.3) is 5.91 Å². The Morgan fingerprint density at radius 3 is 3.09 bits per heavy atom. The molecule has 0 unspecified atom stereocenters. The zero-order valence-corrected chi connectivity index (χ0v) is 13.4. The standard InChI is InChI=1S/C15H13N3O2S2/c1-18-5-6-22-15(18)17-14(19)11-3-2-4-13(7-11)20-8-12-9-21-10-16-12/h2-7,9-10H,8H2,1H3. The van der Waals surface area contributed by atoms with E-state index < -0.39 is 0 Å². The molecule has 0 atom stereocenters. The predicted molar refractivity (Wildman–Crippen MR) is 86.1 cm³/mol. The van der Waals surface area contributed by atoms with Crippen molar-refractivity contribution < 1.29 is 9.53 Å². The Morgan fingerprint density at radius 1 is 1.45 bits per heavy atom. The topological polar surface area (TPSA) is 56.5 Å². The van der Waals surface area contributed by atoms with Gasteiger partial charge in [-0.05, 0) is 18.2 Å². The van der Waals surface area contributed by atoms with E-state index in [4.69, 9.17) is 4.74 Å². The molecule has 0 saturated carbocycles. The number of hydrogen-bond acceptors (Lipinski definition) is 5. The van der Waals surface area contributed by atoms with Gasteiger partial charge in [-0.2, -0.15) is 4.99 Å². The number of thiazole rings is 2. The Kier molecular flexibility index (Phi) is 4.45. The lowest BCUT2D eigenvalue weighted by Gasteiger charge is -2.05. The molecule has 0 saturated heterocycles. The first-order valence-electron chi connectivity index (χ1n) is 6.51. The van der Waals surface area contributed by atoms with E-state index in [2.05, 4.69) is 9.98 Å². The van der Waals surface area contributed by atoms with Crippen LogP contribution in [0, 0.1) is 0 Å². The van der Waals surface area contributed by atoms with Crippen LogP contribution >= 0.6 is 22.7 Å². The molecule has 0 aliphatic heterocycles. The summed E-state index contributed by atoms with van der Waals surface area (Å²) in [7, 11) is 1.86. The zero-order chi connectivity index (χ0) is 15.4. The van der Waals surface area contributed by atoms with Gasteiger partial charge in [0.1, 0.15) is 12.4 Å². The van der Waals surface area contributed by atoms with Crippen LogP contribution in [0.3, 0.4) is 0 Å². The van der Waals surface area contributed by atoms with Crippen LogP contribution in [0.25, 0.3) is 0 Å². The monoisotopic (exact) mass is 331 g/mol. The van der Waals surface area contributed by atoms with E-state index in [1.807, 2.05) is 34.6 Å². The van der Waals surface area contributed by atoms with E-state index in [1.54, 1.807) is 23.7 Å². The fraction of sp³-hybridized carbons (Fsp3) is 0.133. The largest absolute Gasteiger partial charge is 0.487 e. The van der Waals surface area contributed by atoms with Gasteiger partial charge in [0.15, 0.2) is 4.80 Å². The fourth-order valence-corrected chi connectivity index (χ4v) is 3.04. The normalized spacial score (nSPS) is 11.6. The summed E-state index contributed by atoms with van der Waals surface area (Å²) >= 11 is 2.95. The summed E-state index contributed by atoms with van der Waals surface area (Å²) in [6.07, 6.45) is 1.87. The second-order valence-electron chi connectivity index (χ2n) is 4.51. The average molecular weight is 331 g/mol. The maximum Gasteiger partial charge on any atom is 0.279 e. The number of aryl methyl sites for hydroxylation is 1. The minimum Gasteiger partial charge on any atom is -0.487 e. The molecule has 2 heterocycles. The summed E-state index contributed by atoms with van der Waals surface area (Å²) < 4.78 is 7.46. The van der Waals surface area contributed by atoms with Gasteiger partial charge in [-0.25, -0.2) is 4.98 Å². The van der Waals surface area contributed by atoms with Crippen molar-refractivity contribution in [1.29, 1.82) is 0 Å². The van der Waals surface area contributed by atoms with Crippen LogP contribution < -0.4 is 9.54 Å². The van der Waals surface area contributed by atoms with E-state index in [9.17, 15) is 4.79 Å². The third-order valence-corrected chi connectivity index (χ3v) is 4.39. The Balaban J connectivity index is 1.76. The second kappa shape index (κ2) is 6.67. The Hall–Kier alpha value is -2.25. The third-order valence-electron chi connectivity index (χ3n) is 2.91. The van der Waals surface area contributed by atoms with Crippen molar-refractivity contribution in [3.8, 4) is 5.75 Å². The van der Waals surface area contributed by atoms with Crippen LogP contribution in [-0.2, 0) is 13.7 Å². The Morgan fingerprint density at radius 2 is 2.36 bits per heavy atom. The number of carbonyl (C=O) groups is 1. The molecule has 0 aliphatic carbocycles. The smallest absolute Gasteiger partial charge is 0.279 e. The highest BCUT2D eigenvalue weighted by Gasteiger charge is 2.06. The first-order valence-corrected chi connectivity index (χ1v) is 8.34. The van der Waals surface area contributed by atoms with E-state index in [-0.39, 0.29) is 5.91 Å². The van der Waals surface area contributed by atoms with Gasteiger partial charge in [-0.3, -0.25) is 4.79 Å².